The Hall–Kier alpha value is -2.29. The van der Waals surface area contributed by atoms with E-state index in [9.17, 15) is 0 Å². The molecule has 1 aliphatic heterocycles. The van der Waals surface area contributed by atoms with Crippen LogP contribution in [0.2, 0.25) is 0 Å². The lowest BCUT2D eigenvalue weighted by Crippen LogP contribution is -2.35. The van der Waals surface area contributed by atoms with Crippen molar-refractivity contribution in [1.29, 1.82) is 0 Å². The third-order valence-electron chi connectivity index (χ3n) is 6.12. The fourth-order valence-corrected chi connectivity index (χ4v) is 4.50. The molecular weight excluding hydrogens is 318 g/mol. The van der Waals surface area contributed by atoms with E-state index in [4.69, 9.17) is 4.98 Å². The van der Waals surface area contributed by atoms with Gasteiger partial charge in [-0.25, -0.2) is 4.98 Å². The number of piperidine rings is 1. The van der Waals surface area contributed by atoms with Crippen molar-refractivity contribution in [1.82, 2.24) is 9.55 Å². The quantitative estimate of drug-likeness (QED) is 0.652. The Morgan fingerprint density at radius 3 is 2.46 bits per heavy atom. The summed E-state index contributed by atoms with van der Waals surface area (Å²) >= 11 is 0. The van der Waals surface area contributed by atoms with Crippen molar-refractivity contribution in [3.63, 3.8) is 0 Å². The molecule has 3 aromatic rings. The molecule has 1 aliphatic rings. The minimum Gasteiger partial charge on any atom is -0.355 e. The molecule has 0 amide bonds. The number of fused-ring (bicyclic) bond motifs is 1. The average molecular weight is 348 g/mol. The number of benzene rings is 1. The molecule has 3 nitrogen and oxygen atoms in total. The van der Waals surface area contributed by atoms with Gasteiger partial charge < -0.3 is 9.47 Å². The van der Waals surface area contributed by atoms with Crippen molar-refractivity contribution in [2.45, 2.75) is 46.6 Å². The smallest absolute Gasteiger partial charge is 0.153 e. The fraction of sp³-hybridized carbons (Fsp3) is 0.435. The summed E-state index contributed by atoms with van der Waals surface area (Å²) in [7, 11) is 0. The predicted molar refractivity (Wildman–Crippen MR) is 110 cm³/mol. The molecular formula is C23H29N3. The maximum absolute atomic E-state index is 4.81. The van der Waals surface area contributed by atoms with Gasteiger partial charge >= 0.3 is 0 Å². The SMILES string of the molecule is CCn1c(C)c(C)c2ccnc(N3CCC(Cc4ccccc4)CC3)c21. The van der Waals surface area contributed by atoms with Gasteiger partial charge in [0.15, 0.2) is 5.82 Å². The van der Waals surface area contributed by atoms with Crippen LogP contribution < -0.4 is 4.90 Å². The second-order valence-corrected chi connectivity index (χ2v) is 7.61. The molecule has 1 saturated heterocycles. The number of aromatic nitrogens is 2. The van der Waals surface area contributed by atoms with Gasteiger partial charge in [0.25, 0.3) is 0 Å². The third kappa shape index (κ3) is 3.00. The predicted octanol–water partition coefficient (Wildman–Crippen LogP) is 5.13. The van der Waals surface area contributed by atoms with Gasteiger partial charge in [0.2, 0.25) is 0 Å². The van der Waals surface area contributed by atoms with Crippen molar-refractivity contribution in [2.75, 3.05) is 18.0 Å². The van der Waals surface area contributed by atoms with Crippen LogP contribution in [0, 0.1) is 19.8 Å². The first-order valence-corrected chi connectivity index (χ1v) is 9.92. The summed E-state index contributed by atoms with van der Waals surface area (Å²) in [5.74, 6) is 1.97. The summed E-state index contributed by atoms with van der Waals surface area (Å²) in [4.78, 5) is 7.32. The van der Waals surface area contributed by atoms with Gasteiger partial charge in [-0.05, 0) is 63.1 Å². The van der Waals surface area contributed by atoms with Crippen LogP contribution >= 0.6 is 0 Å². The van der Waals surface area contributed by atoms with E-state index in [0.29, 0.717) is 0 Å². The first-order valence-electron chi connectivity index (χ1n) is 9.92. The molecule has 136 valence electrons. The summed E-state index contributed by atoms with van der Waals surface area (Å²) in [6, 6.07) is 13.1. The van der Waals surface area contributed by atoms with Crippen molar-refractivity contribution in [3.8, 4) is 0 Å². The zero-order chi connectivity index (χ0) is 18.1. The number of hydrogen-bond acceptors (Lipinski definition) is 2. The Balaban J connectivity index is 1.55. The van der Waals surface area contributed by atoms with Crippen LogP contribution in [0.5, 0.6) is 0 Å². The first-order chi connectivity index (χ1) is 12.7. The molecule has 0 spiro atoms. The Labute approximate surface area is 156 Å². The molecule has 0 unspecified atom stereocenters. The number of rotatable bonds is 4. The van der Waals surface area contributed by atoms with Crippen LogP contribution in [-0.4, -0.2) is 22.6 Å². The van der Waals surface area contributed by atoms with Crippen molar-refractivity contribution in [3.05, 3.63) is 59.4 Å². The minimum atomic E-state index is 0.786. The molecule has 0 aliphatic carbocycles. The Morgan fingerprint density at radius 1 is 1.04 bits per heavy atom. The highest BCUT2D eigenvalue weighted by Crippen LogP contribution is 2.33. The highest BCUT2D eigenvalue weighted by Gasteiger charge is 2.24. The lowest BCUT2D eigenvalue weighted by Gasteiger charge is -2.33. The van der Waals surface area contributed by atoms with Gasteiger partial charge in [0.05, 0.1) is 5.52 Å². The standard InChI is InChI=1S/C23H29N3/c1-4-26-18(3)17(2)21-10-13-24-23(22(21)26)25-14-11-20(12-15-25)16-19-8-6-5-7-9-19/h5-10,13,20H,4,11-12,14-16H2,1-3H3. The molecule has 0 bridgehead atoms. The van der Waals surface area contributed by atoms with E-state index in [1.807, 2.05) is 6.20 Å². The van der Waals surface area contributed by atoms with Gasteiger partial charge in [-0.2, -0.15) is 0 Å². The summed E-state index contributed by atoms with van der Waals surface area (Å²) in [5, 5.41) is 1.36. The summed E-state index contributed by atoms with van der Waals surface area (Å²) < 4.78 is 2.43. The molecule has 0 radical (unpaired) electrons. The zero-order valence-electron chi connectivity index (χ0n) is 16.2. The maximum Gasteiger partial charge on any atom is 0.153 e. The van der Waals surface area contributed by atoms with Crippen molar-refractivity contribution < 1.29 is 0 Å². The lowest BCUT2D eigenvalue weighted by atomic mass is 9.90. The minimum absolute atomic E-state index is 0.786. The number of aryl methyl sites for hydroxylation is 2. The topological polar surface area (TPSA) is 21.1 Å². The van der Waals surface area contributed by atoms with E-state index in [1.165, 1.54) is 52.8 Å². The molecule has 3 heteroatoms. The fourth-order valence-electron chi connectivity index (χ4n) is 4.50. The Kier molecular flexibility index (Phi) is 4.71. The molecule has 3 heterocycles. The lowest BCUT2D eigenvalue weighted by molar-refractivity contribution is 0.402. The van der Waals surface area contributed by atoms with E-state index in [2.05, 4.69) is 66.6 Å². The highest BCUT2D eigenvalue weighted by atomic mass is 15.2. The number of pyridine rings is 1. The first kappa shape index (κ1) is 17.1. The van der Waals surface area contributed by atoms with Gasteiger partial charge in [-0.3, -0.25) is 0 Å². The molecule has 1 fully saturated rings. The van der Waals surface area contributed by atoms with Crippen molar-refractivity contribution >= 4 is 16.7 Å². The third-order valence-corrected chi connectivity index (χ3v) is 6.12. The van der Waals surface area contributed by atoms with Crippen LogP contribution in [0.1, 0.15) is 36.6 Å². The van der Waals surface area contributed by atoms with Crippen LogP contribution in [0.15, 0.2) is 42.6 Å². The van der Waals surface area contributed by atoms with E-state index in [1.54, 1.807) is 0 Å². The molecule has 26 heavy (non-hydrogen) atoms. The van der Waals surface area contributed by atoms with E-state index >= 15 is 0 Å². The molecule has 2 aromatic heterocycles. The average Bonchev–Trinajstić information content (AvgIpc) is 2.94. The monoisotopic (exact) mass is 347 g/mol. The molecule has 0 saturated carbocycles. The van der Waals surface area contributed by atoms with Crippen LogP contribution in [0.25, 0.3) is 10.9 Å². The number of nitrogens with zero attached hydrogens (tertiary/aromatic N) is 3. The Morgan fingerprint density at radius 2 is 1.77 bits per heavy atom. The van der Waals surface area contributed by atoms with Gasteiger partial charge in [0, 0.05) is 36.9 Å². The van der Waals surface area contributed by atoms with Crippen LogP contribution in [0.4, 0.5) is 5.82 Å². The normalized spacial score (nSPS) is 15.7. The van der Waals surface area contributed by atoms with Crippen LogP contribution in [-0.2, 0) is 13.0 Å². The highest BCUT2D eigenvalue weighted by molar-refractivity contribution is 5.93. The molecule has 4 rings (SSSR count). The molecule has 0 N–H and O–H groups in total. The Bertz CT molecular complexity index is 887. The summed E-state index contributed by atoms with van der Waals surface area (Å²) in [6.07, 6.45) is 5.69. The summed E-state index contributed by atoms with van der Waals surface area (Å²) in [6.45, 7) is 9.91. The largest absolute Gasteiger partial charge is 0.355 e. The van der Waals surface area contributed by atoms with Gasteiger partial charge in [-0.1, -0.05) is 30.3 Å². The second kappa shape index (κ2) is 7.14. The zero-order valence-corrected chi connectivity index (χ0v) is 16.2. The van der Waals surface area contributed by atoms with Crippen LogP contribution in [0.3, 0.4) is 0 Å². The van der Waals surface area contributed by atoms with Gasteiger partial charge in [-0.15, -0.1) is 0 Å². The second-order valence-electron chi connectivity index (χ2n) is 7.61. The molecule has 1 aromatic carbocycles. The van der Waals surface area contributed by atoms with E-state index in [-0.39, 0.29) is 0 Å². The van der Waals surface area contributed by atoms with Crippen molar-refractivity contribution in [2.24, 2.45) is 5.92 Å². The number of hydrogen-bond donors (Lipinski definition) is 0. The maximum atomic E-state index is 4.81. The number of anilines is 1. The van der Waals surface area contributed by atoms with E-state index in [0.717, 1.165) is 25.6 Å². The van der Waals surface area contributed by atoms with Gasteiger partial charge in [0.1, 0.15) is 0 Å². The summed E-state index contributed by atoms with van der Waals surface area (Å²) in [5.41, 5.74) is 5.56. The molecule has 0 atom stereocenters. The van der Waals surface area contributed by atoms with E-state index < -0.39 is 0 Å².